The summed E-state index contributed by atoms with van der Waals surface area (Å²) in [6.45, 7) is 0.0428. The Morgan fingerprint density at radius 3 is 2.54 bits per heavy atom. The molecular formula is C21H19ClN2O4. The molecule has 2 aliphatic rings. The second kappa shape index (κ2) is 7.72. The molecule has 0 bridgehead atoms. The lowest BCUT2D eigenvalue weighted by atomic mass is 9.94. The molecule has 1 aliphatic heterocycles. The van der Waals surface area contributed by atoms with Crippen molar-refractivity contribution in [3.63, 3.8) is 0 Å². The number of rotatable bonds is 4. The van der Waals surface area contributed by atoms with E-state index >= 15 is 0 Å². The summed E-state index contributed by atoms with van der Waals surface area (Å²) in [7, 11) is 0. The van der Waals surface area contributed by atoms with E-state index in [-0.39, 0.29) is 35.6 Å². The lowest BCUT2D eigenvalue weighted by molar-refractivity contribution is 0.0471. The van der Waals surface area contributed by atoms with Crippen LogP contribution >= 0.6 is 11.6 Å². The minimum absolute atomic E-state index is 0.0428. The zero-order chi connectivity index (χ0) is 19.7. The average Bonchev–Trinajstić information content (AvgIpc) is 2.98. The molecule has 1 aromatic heterocycles. The van der Waals surface area contributed by atoms with Crippen LogP contribution in [0.3, 0.4) is 0 Å². The fraction of sp³-hybridized carbons (Fsp3) is 0.333. The van der Waals surface area contributed by atoms with Crippen molar-refractivity contribution in [2.75, 3.05) is 0 Å². The van der Waals surface area contributed by atoms with Crippen LogP contribution in [0, 0.1) is 0 Å². The quantitative estimate of drug-likeness (QED) is 0.441. The zero-order valence-electron chi connectivity index (χ0n) is 15.2. The first-order valence-corrected chi connectivity index (χ1v) is 9.72. The molecule has 2 aromatic rings. The first kappa shape index (κ1) is 18.6. The van der Waals surface area contributed by atoms with Gasteiger partial charge in [0.2, 0.25) is 0 Å². The maximum absolute atomic E-state index is 12.8. The Morgan fingerprint density at radius 2 is 1.82 bits per heavy atom. The first-order valence-electron chi connectivity index (χ1n) is 9.34. The third kappa shape index (κ3) is 3.52. The van der Waals surface area contributed by atoms with E-state index < -0.39 is 5.97 Å². The normalized spacial score (nSPS) is 17.0. The van der Waals surface area contributed by atoms with Crippen LogP contribution in [0.4, 0.5) is 0 Å². The van der Waals surface area contributed by atoms with Crippen LogP contribution in [-0.4, -0.2) is 33.7 Å². The Kier molecular flexibility index (Phi) is 5.13. The number of ether oxygens (including phenoxy) is 1. The average molecular weight is 399 g/mol. The summed E-state index contributed by atoms with van der Waals surface area (Å²) in [5.41, 5.74) is 1.58. The van der Waals surface area contributed by atoms with Gasteiger partial charge in [0.25, 0.3) is 11.8 Å². The van der Waals surface area contributed by atoms with E-state index in [4.69, 9.17) is 16.3 Å². The number of imide groups is 1. The minimum Gasteiger partial charge on any atom is -0.457 e. The summed E-state index contributed by atoms with van der Waals surface area (Å²) in [4.78, 5) is 43.2. The fourth-order valence-electron chi connectivity index (χ4n) is 3.78. The maximum atomic E-state index is 12.8. The van der Waals surface area contributed by atoms with E-state index in [0.717, 1.165) is 32.1 Å². The van der Waals surface area contributed by atoms with Crippen molar-refractivity contribution >= 4 is 29.4 Å². The van der Waals surface area contributed by atoms with E-state index in [9.17, 15) is 14.4 Å². The molecule has 0 radical (unpaired) electrons. The van der Waals surface area contributed by atoms with Crippen molar-refractivity contribution in [3.8, 4) is 0 Å². The summed E-state index contributed by atoms with van der Waals surface area (Å²) in [6, 6.07) is 7.81. The standard InChI is InChI=1S/C21H19ClN2O4/c22-18-9-6-13(11-23-18)12-28-21(27)14-7-8-16-17(10-14)20(26)24(19(16)25)15-4-2-1-3-5-15/h6-11,15H,1-5,12H2. The van der Waals surface area contributed by atoms with Gasteiger partial charge < -0.3 is 4.74 Å². The molecule has 28 heavy (non-hydrogen) atoms. The number of benzene rings is 1. The second-order valence-corrected chi connectivity index (χ2v) is 7.49. The molecular weight excluding hydrogens is 380 g/mol. The van der Waals surface area contributed by atoms with Gasteiger partial charge in [0.1, 0.15) is 11.8 Å². The Bertz CT molecular complexity index is 936. The van der Waals surface area contributed by atoms with Gasteiger partial charge in [-0.25, -0.2) is 9.78 Å². The summed E-state index contributed by atoms with van der Waals surface area (Å²) in [5, 5.41) is 0.361. The van der Waals surface area contributed by atoms with Crippen LogP contribution < -0.4 is 0 Å². The monoisotopic (exact) mass is 398 g/mol. The van der Waals surface area contributed by atoms with Crippen LogP contribution in [-0.2, 0) is 11.3 Å². The lowest BCUT2D eigenvalue weighted by Crippen LogP contribution is -2.40. The van der Waals surface area contributed by atoms with E-state index in [2.05, 4.69) is 4.98 Å². The number of aromatic nitrogens is 1. The third-order valence-electron chi connectivity index (χ3n) is 5.25. The molecule has 4 rings (SSSR count). The number of hydrogen-bond donors (Lipinski definition) is 0. The third-order valence-corrected chi connectivity index (χ3v) is 5.48. The summed E-state index contributed by atoms with van der Waals surface area (Å²) < 4.78 is 5.29. The molecule has 1 fully saturated rings. The molecule has 0 atom stereocenters. The molecule has 2 amide bonds. The highest BCUT2D eigenvalue weighted by atomic mass is 35.5. The molecule has 2 heterocycles. The molecule has 0 N–H and O–H groups in total. The SMILES string of the molecule is O=C(OCc1ccc(Cl)nc1)c1ccc2c(c1)C(=O)N(C1CCCCC1)C2=O. The number of carbonyl (C=O) groups is 3. The predicted octanol–water partition coefficient (Wildman–Crippen LogP) is 4.02. The molecule has 6 nitrogen and oxygen atoms in total. The van der Waals surface area contributed by atoms with Crippen molar-refractivity contribution in [1.29, 1.82) is 0 Å². The van der Waals surface area contributed by atoms with Gasteiger partial charge in [0.15, 0.2) is 0 Å². The van der Waals surface area contributed by atoms with Crippen molar-refractivity contribution in [1.82, 2.24) is 9.88 Å². The van der Waals surface area contributed by atoms with E-state index in [1.54, 1.807) is 18.2 Å². The highest BCUT2D eigenvalue weighted by molar-refractivity contribution is 6.29. The molecule has 7 heteroatoms. The van der Waals surface area contributed by atoms with Gasteiger partial charge in [-0.05, 0) is 37.1 Å². The van der Waals surface area contributed by atoms with Crippen LogP contribution in [0.1, 0.15) is 68.7 Å². The largest absolute Gasteiger partial charge is 0.457 e. The van der Waals surface area contributed by atoms with E-state index in [1.807, 2.05) is 0 Å². The van der Waals surface area contributed by atoms with Gasteiger partial charge in [0, 0.05) is 17.8 Å². The fourth-order valence-corrected chi connectivity index (χ4v) is 3.89. The van der Waals surface area contributed by atoms with Gasteiger partial charge >= 0.3 is 5.97 Å². The topological polar surface area (TPSA) is 76.6 Å². The minimum atomic E-state index is -0.561. The zero-order valence-corrected chi connectivity index (χ0v) is 15.9. The number of halogens is 1. The lowest BCUT2D eigenvalue weighted by Gasteiger charge is -2.29. The first-order chi connectivity index (χ1) is 13.5. The van der Waals surface area contributed by atoms with Gasteiger partial charge in [-0.1, -0.05) is 36.9 Å². The Labute approximate surface area is 167 Å². The molecule has 0 saturated heterocycles. The molecule has 1 aromatic carbocycles. The maximum Gasteiger partial charge on any atom is 0.338 e. The summed E-state index contributed by atoms with van der Waals surface area (Å²) in [6.07, 6.45) is 6.40. The second-order valence-electron chi connectivity index (χ2n) is 7.10. The van der Waals surface area contributed by atoms with Gasteiger partial charge in [-0.2, -0.15) is 0 Å². The van der Waals surface area contributed by atoms with Gasteiger partial charge in [-0.3, -0.25) is 14.5 Å². The molecule has 144 valence electrons. The number of carbonyl (C=O) groups excluding carboxylic acids is 3. The van der Waals surface area contributed by atoms with Gasteiger partial charge in [0.05, 0.1) is 16.7 Å². The molecule has 1 aliphatic carbocycles. The Hall–Kier alpha value is -2.73. The molecule has 0 unspecified atom stereocenters. The number of nitrogens with zero attached hydrogens (tertiary/aromatic N) is 2. The van der Waals surface area contributed by atoms with Crippen molar-refractivity contribution in [2.24, 2.45) is 0 Å². The highest BCUT2D eigenvalue weighted by Gasteiger charge is 2.40. The van der Waals surface area contributed by atoms with Crippen molar-refractivity contribution < 1.29 is 19.1 Å². The smallest absolute Gasteiger partial charge is 0.338 e. The summed E-state index contributed by atoms with van der Waals surface area (Å²) in [5.74, 6) is -1.14. The van der Waals surface area contributed by atoms with Crippen LogP contribution in [0.15, 0.2) is 36.5 Å². The van der Waals surface area contributed by atoms with Crippen LogP contribution in [0.2, 0.25) is 5.15 Å². The number of hydrogen-bond acceptors (Lipinski definition) is 5. The molecule has 0 spiro atoms. The van der Waals surface area contributed by atoms with Crippen LogP contribution in [0.25, 0.3) is 0 Å². The predicted molar refractivity (Wildman–Crippen MR) is 102 cm³/mol. The van der Waals surface area contributed by atoms with Crippen molar-refractivity contribution in [3.05, 3.63) is 63.9 Å². The number of amides is 2. The number of pyridine rings is 1. The van der Waals surface area contributed by atoms with E-state index in [0.29, 0.717) is 16.3 Å². The Morgan fingerprint density at radius 1 is 1.07 bits per heavy atom. The summed E-state index contributed by atoms with van der Waals surface area (Å²) >= 11 is 5.74. The van der Waals surface area contributed by atoms with Gasteiger partial charge in [-0.15, -0.1) is 0 Å². The van der Waals surface area contributed by atoms with Crippen molar-refractivity contribution in [2.45, 2.75) is 44.8 Å². The van der Waals surface area contributed by atoms with Crippen LogP contribution in [0.5, 0.6) is 0 Å². The number of esters is 1. The number of fused-ring (bicyclic) bond motifs is 1. The Balaban J connectivity index is 1.49. The molecule has 1 saturated carbocycles. The van der Waals surface area contributed by atoms with E-state index in [1.165, 1.54) is 23.2 Å². The highest BCUT2D eigenvalue weighted by Crippen LogP contribution is 2.31.